The topological polar surface area (TPSA) is 38.1 Å². The summed E-state index contributed by atoms with van der Waals surface area (Å²) in [5, 5.41) is 4.17. The minimum absolute atomic E-state index is 0.110. The number of carbonyl (C=O) groups excluding carboxylic acids is 1. The van der Waals surface area contributed by atoms with Gasteiger partial charge in [-0.1, -0.05) is 17.7 Å². The molecular weight excluding hydrogens is 250 g/mol. The highest BCUT2D eigenvalue weighted by Gasteiger charge is 2.27. The molecule has 1 aromatic heterocycles. The van der Waals surface area contributed by atoms with E-state index in [4.69, 9.17) is 0 Å². The molecule has 2 heterocycles. The summed E-state index contributed by atoms with van der Waals surface area (Å²) in [7, 11) is 0. The number of nitrogens with zero attached hydrogens (tertiary/aromatic N) is 3. The molecule has 0 N–H and O–H groups in total. The summed E-state index contributed by atoms with van der Waals surface area (Å²) in [6.45, 7) is 4.78. The highest BCUT2D eigenvalue weighted by molar-refractivity contribution is 5.97. The molecule has 0 bridgehead atoms. The molecule has 1 unspecified atom stereocenters. The highest BCUT2D eigenvalue weighted by Crippen LogP contribution is 2.29. The second kappa shape index (κ2) is 5.12. The Morgan fingerprint density at radius 3 is 3.00 bits per heavy atom. The third kappa shape index (κ3) is 2.22. The lowest BCUT2D eigenvalue weighted by Crippen LogP contribution is -2.39. The van der Waals surface area contributed by atoms with E-state index in [1.165, 1.54) is 11.1 Å². The van der Waals surface area contributed by atoms with Crippen LogP contribution in [-0.4, -0.2) is 22.2 Å². The molecule has 4 nitrogen and oxygen atoms in total. The monoisotopic (exact) mass is 269 g/mol. The third-order valence-corrected chi connectivity index (χ3v) is 3.90. The number of hydrogen-bond donors (Lipinski definition) is 0. The average molecular weight is 269 g/mol. The Hall–Kier alpha value is -2.10. The fourth-order valence-electron chi connectivity index (χ4n) is 2.80. The van der Waals surface area contributed by atoms with Crippen molar-refractivity contribution in [3.05, 3.63) is 47.8 Å². The lowest BCUT2D eigenvalue weighted by atomic mass is 9.99. The van der Waals surface area contributed by atoms with Crippen molar-refractivity contribution in [2.75, 3.05) is 11.4 Å². The van der Waals surface area contributed by atoms with Crippen molar-refractivity contribution in [1.29, 1.82) is 0 Å². The number of aromatic nitrogens is 2. The Morgan fingerprint density at radius 1 is 1.40 bits per heavy atom. The number of carbonyl (C=O) groups is 1. The van der Waals surface area contributed by atoms with E-state index in [2.05, 4.69) is 30.2 Å². The molecule has 0 radical (unpaired) electrons. The summed E-state index contributed by atoms with van der Waals surface area (Å²) in [5.41, 5.74) is 3.58. The molecule has 1 aliphatic rings. The first-order valence-electron chi connectivity index (χ1n) is 7.07. The van der Waals surface area contributed by atoms with E-state index in [9.17, 15) is 4.79 Å². The van der Waals surface area contributed by atoms with E-state index in [0.29, 0.717) is 0 Å². The minimum Gasteiger partial charge on any atom is -0.310 e. The van der Waals surface area contributed by atoms with Gasteiger partial charge in [0.1, 0.15) is 6.04 Å². The Kier molecular flexibility index (Phi) is 3.30. The lowest BCUT2D eigenvalue weighted by molar-refractivity contribution is -0.121. The summed E-state index contributed by atoms with van der Waals surface area (Å²) in [6, 6.07) is 7.91. The van der Waals surface area contributed by atoms with Crippen LogP contribution in [0.2, 0.25) is 0 Å². The Labute approximate surface area is 119 Å². The van der Waals surface area contributed by atoms with Crippen molar-refractivity contribution in [1.82, 2.24) is 9.78 Å². The second-order valence-corrected chi connectivity index (χ2v) is 5.39. The smallest absolute Gasteiger partial charge is 0.251 e. The zero-order chi connectivity index (χ0) is 14.1. The predicted octanol–water partition coefficient (Wildman–Crippen LogP) is 2.73. The van der Waals surface area contributed by atoms with E-state index in [-0.39, 0.29) is 11.9 Å². The van der Waals surface area contributed by atoms with Gasteiger partial charge in [-0.15, -0.1) is 0 Å². The molecule has 104 valence electrons. The molecule has 0 saturated carbocycles. The van der Waals surface area contributed by atoms with Crippen LogP contribution in [0.3, 0.4) is 0 Å². The van der Waals surface area contributed by atoms with Crippen LogP contribution in [0.1, 0.15) is 30.5 Å². The number of hydrogen-bond acceptors (Lipinski definition) is 2. The number of aryl methyl sites for hydroxylation is 2. The first-order chi connectivity index (χ1) is 9.66. The largest absolute Gasteiger partial charge is 0.310 e. The van der Waals surface area contributed by atoms with Gasteiger partial charge in [0.25, 0.3) is 5.91 Å². The summed E-state index contributed by atoms with van der Waals surface area (Å²) >= 11 is 0. The van der Waals surface area contributed by atoms with Gasteiger partial charge < -0.3 is 4.90 Å². The molecule has 1 aromatic carbocycles. The van der Waals surface area contributed by atoms with Crippen LogP contribution in [0.15, 0.2) is 36.7 Å². The van der Waals surface area contributed by atoms with Crippen LogP contribution in [0.5, 0.6) is 0 Å². The second-order valence-electron chi connectivity index (χ2n) is 5.39. The lowest BCUT2D eigenvalue weighted by Gasteiger charge is -2.31. The molecule has 4 heteroatoms. The zero-order valence-corrected chi connectivity index (χ0v) is 11.9. The van der Waals surface area contributed by atoms with E-state index in [0.717, 1.165) is 25.1 Å². The first kappa shape index (κ1) is 12.9. The molecule has 0 saturated heterocycles. The van der Waals surface area contributed by atoms with Crippen molar-refractivity contribution in [2.45, 2.75) is 32.7 Å². The van der Waals surface area contributed by atoms with Gasteiger partial charge in [-0.3, -0.25) is 9.48 Å². The fraction of sp³-hybridized carbons (Fsp3) is 0.375. The Morgan fingerprint density at radius 2 is 2.25 bits per heavy atom. The Balaban J connectivity index is 1.90. The van der Waals surface area contributed by atoms with Crippen molar-refractivity contribution < 1.29 is 4.79 Å². The predicted molar refractivity (Wildman–Crippen MR) is 78.8 cm³/mol. The van der Waals surface area contributed by atoms with Crippen molar-refractivity contribution in [3.63, 3.8) is 0 Å². The van der Waals surface area contributed by atoms with Gasteiger partial charge in [0.2, 0.25) is 0 Å². The maximum atomic E-state index is 12.7. The number of anilines is 1. The molecule has 0 spiro atoms. The molecule has 3 rings (SSSR count). The highest BCUT2D eigenvalue weighted by atomic mass is 16.2. The SMILES string of the molecule is Cc1ccc2c(c1)CCCN2C(=O)C(C)n1cccn1. The maximum absolute atomic E-state index is 12.7. The molecule has 1 amide bonds. The average Bonchev–Trinajstić information content (AvgIpc) is 2.99. The Bertz CT molecular complexity index is 619. The van der Waals surface area contributed by atoms with Gasteiger partial charge in [0.15, 0.2) is 0 Å². The van der Waals surface area contributed by atoms with Crippen LogP contribution >= 0.6 is 0 Å². The maximum Gasteiger partial charge on any atom is 0.251 e. The summed E-state index contributed by atoms with van der Waals surface area (Å²) in [5.74, 6) is 0.110. The van der Waals surface area contributed by atoms with Gasteiger partial charge in [-0.25, -0.2) is 0 Å². The molecule has 1 aliphatic heterocycles. The summed E-state index contributed by atoms with van der Waals surface area (Å²) in [6.07, 6.45) is 5.62. The van der Waals surface area contributed by atoms with Gasteiger partial charge >= 0.3 is 0 Å². The minimum atomic E-state index is -0.266. The molecule has 0 fully saturated rings. The molecule has 20 heavy (non-hydrogen) atoms. The van der Waals surface area contributed by atoms with Gasteiger partial charge in [-0.2, -0.15) is 5.10 Å². The fourth-order valence-corrected chi connectivity index (χ4v) is 2.80. The van der Waals surface area contributed by atoms with Gasteiger partial charge in [-0.05, 0) is 44.4 Å². The normalized spacial score (nSPS) is 15.8. The van der Waals surface area contributed by atoms with Crippen molar-refractivity contribution in [2.24, 2.45) is 0 Å². The van der Waals surface area contributed by atoms with Crippen molar-refractivity contribution in [3.8, 4) is 0 Å². The van der Waals surface area contributed by atoms with Gasteiger partial charge in [0, 0.05) is 24.6 Å². The molecular formula is C16H19N3O. The van der Waals surface area contributed by atoms with Gasteiger partial charge in [0.05, 0.1) is 0 Å². The van der Waals surface area contributed by atoms with Crippen LogP contribution in [0.25, 0.3) is 0 Å². The van der Waals surface area contributed by atoms with Crippen molar-refractivity contribution >= 4 is 11.6 Å². The van der Waals surface area contributed by atoms with E-state index < -0.39 is 0 Å². The summed E-state index contributed by atoms with van der Waals surface area (Å²) in [4.78, 5) is 14.6. The number of rotatable bonds is 2. The van der Waals surface area contributed by atoms with Crippen LogP contribution in [0.4, 0.5) is 5.69 Å². The number of benzene rings is 1. The molecule has 0 aliphatic carbocycles. The first-order valence-corrected chi connectivity index (χ1v) is 7.07. The van der Waals surface area contributed by atoms with E-state index >= 15 is 0 Å². The van der Waals surface area contributed by atoms with E-state index in [1.54, 1.807) is 10.9 Å². The quantitative estimate of drug-likeness (QED) is 0.840. The van der Waals surface area contributed by atoms with Crippen LogP contribution < -0.4 is 4.90 Å². The van der Waals surface area contributed by atoms with E-state index in [1.807, 2.05) is 24.1 Å². The zero-order valence-electron chi connectivity index (χ0n) is 11.9. The van der Waals surface area contributed by atoms with Crippen LogP contribution in [0, 0.1) is 6.92 Å². The number of fused-ring (bicyclic) bond motifs is 1. The standard InChI is InChI=1S/C16H19N3O/c1-12-6-7-15-14(11-12)5-3-9-18(15)16(20)13(2)19-10-4-8-17-19/h4,6-8,10-11,13H,3,5,9H2,1-2H3. The third-order valence-electron chi connectivity index (χ3n) is 3.90. The molecule has 2 aromatic rings. The van der Waals surface area contributed by atoms with Crippen LogP contribution in [-0.2, 0) is 11.2 Å². The summed E-state index contributed by atoms with van der Waals surface area (Å²) < 4.78 is 1.71. The number of amides is 1. The molecule has 1 atom stereocenters.